The number of ether oxygens (including phenoxy) is 2. The standard InChI is InChI=1S/C12H24N2O3/c1-3-6-16-7-8-17-9-12(14-2,11(13)15)10-4-5-10/h10,14H,3-9H2,1-2H3,(H2,13,15). The molecule has 1 saturated carbocycles. The highest BCUT2D eigenvalue weighted by Crippen LogP contribution is 2.39. The number of rotatable bonds is 10. The van der Waals surface area contributed by atoms with Crippen LogP contribution in [0.15, 0.2) is 0 Å². The molecule has 1 unspecified atom stereocenters. The lowest BCUT2D eigenvalue weighted by Gasteiger charge is -2.30. The van der Waals surface area contributed by atoms with E-state index in [0.29, 0.717) is 25.7 Å². The molecule has 0 heterocycles. The van der Waals surface area contributed by atoms with Crippen molar-refractivity contribution in [2.75, 3.05) is 33.5 Å². The number of likely N-dealkylation sites (N-methyl/N-ethyl adjacent to an activating group) is 1. The highest BCUT2D eigenvalue weighted by Gasteiger charge is 2.49. The number of primary amides is 1. The maximum absolute atomic E-state index is 11.5. The van der Waals surface area contributed by atoms with E-state index in [4.69, 9.17) is 15.2 Å². The van der Waals surface area contributed by atoms with Crippen molar-refractivity contribution in [1.29, 1.82) is 0 Å². The minimum Gasteiger partial charge on any atom is -0.379 e. The minimum atomic E-state index is -0.690. The van der Waals surface area contributed by atoms with Gasteiger partial charge >= 0.3 is 0 Å². The second-order valence-corrected chi connectivity index (χ2v) is 4.52. The number of hydrogen-bond acceptors (Lipinski definition) is 4. The Labute approximate surface area is 103 Å². The molecule has 1 amide bonds. The fourth-order valence-electron chi connectivity index (χ4n) is 1.96. The molecule has 1 rings (SSSR count). The molecule has 0 spiro atoms. The number of carbonyl (C=O) groups excluding carboxylic acids is 1. The van der Waals surface area contributed by atoms with Gasteiger partial charge in [0, 0.05) is 6.61 Å². The summed E-state index contributed by atoms with van der Waals surface area (Å²) in [5.74, 6) is -0.00135. The fraction of sp³-hybridized carbons (Fsp3) is 0.917. The molecule has 0 aliphatic heterocycles. The third-order valence-electron chi connectivity index (χ3n) is 3.21. The molecule has 17 heavy (non-hydrogen) atoms. The molecule has 1 fully saturated rings. The smallest absolute Gasteiger partial charge is 0.240 e. The molecule has 0 aromatic heterocycles. The Morgan fingerprint density at radius 2 is 2.00 bits per heavy atom. The van der Waals surface area contributed by atoms with E-state index in [-0.39, 0.29) is 5.91 Å². The van der Waals surface area contributed by atoms with Crippen LogP contribution in [0.25, 0.3) is 0 Å². The summed E-state index contributed by atoms with van der Waals surface area (Å²) in [6, 6.07) is 0. The summed E-state index contributed by atoms with van der Waals surface area (Å²) >= 11 is 0. The lowest BCUT2D eigenvalue weighted by Crippen LogP contribution is -2.59. The van der Waals surface area contributed by atoms with Crippen molar-refractivity contribution < 1.29 is 14.3 Å². The SMILES string of the molecule is CCCOCCOCC(NC)(C(N)=O)C1CC1. The van der Waals surface area contributed by atoms with Crippen molar-refractivity contribution in [3.05, 3.63) is 0 Å². The Hall–Kier alpha value is -0.650. The number of carbonyl (C=O) groups is 1. The summed E-state index contributed by atoms with van der Waals surface area (Å²) in [5.41, 5.74) is 4.78. The van der Waals surface area contributed by atoms with Crippen LogP contribution in [0.3, 0.4) is 0 Å². The number of nitrogens with two attached hydrogens (primary N) is 1. The normalized spacial score (nSPS) is 18.9. The molecule has 3 N–H and O–H groups in total. The largest absolute Gasteiger partial charge is 0.379 e. The van der Waals surface area contributed by atoms with Crippen molar-refractivity contribution in [2.24, 2.45) is 11.7 Å². The zero-order valence-electron chi connectivity index (χ0n) is 10.8. The second-order valence-electron chi connectivity index (χ2n) is 4.52. The van der Waals surface area contributed by atoms with E-state index >= 15 is 0 Å². The van der Waals surface area contributed by atoms with Gasteiger partial charge in [-0.05, 0) is 32.2 Å². The van der Waals surface area contributed by atoms with Crippen LogP contribution in [0.1, 0.15) is 26.2 Å². The van der Waals surface area contributed by atoms with Gasteiger partial charge in [-0.1, -0.05) is 6.92 Å². The zero-order chi connectivity index (χ0) is 12.7. The van der Waals surface area contributed by atoms with Crippen molar-refractivity contribution >= 4 is 5.91 Å². The van der Waals surface area contributed by atoms with Crippen LogP contribution in [-0.2, 0) is 14.3 Å². The molecule has 0 aromatic rings. The topological polar surface area (TPSA) is 73.6 Å². The van der Waals surface area contributed by atoms with E-state index in [1.165, 1.54) is 0 Å². The predicted octanol–water partition coefficient (Wildman–Crippen LogP) is 0.283. The molecular weight excluding hydrogens is 220 g/mol. The van der Waals surface area contributed by atoms with Crippen LogP contribution in [0, 0.1) is 5.92 Å². The van der Waals surface area contributed by atoms with Crippen LogP contribution in [0.5, 0.6) is 0 Å². The van der Waals surface area contributed by atoms with Crippen LogP contribution >= 0.6 is 0 Å². The van der Waals surface area contributed by atoms with Gasteiger partial charge < -0.3 is 20.5 Å². The molecule has 0 saturated heterocycles. The minimum absolute atomic E-state index is 0.321. The molecule has 5 heteroatoms. The van der Waals surface area contributed by atoms with Gasteiger partial charge in [-0.25, -0.2) is 0 Å². The van der Waals surface area contributed by atoms with Crippen LogP contribution < -0.4 is 11.1 Å². The lowest BCUT2D eigenvalue weighted by molar-refractivity contribution is -0.128. The summed E-state index contributed by atoms with van der Waals surface area (Å²) < 4.78 is 10.8. The molecule has 5 nitrogen and oxygen atoms in total. The van der Waals surface area contributed by atoms with Crippen LogP contribution in [-0.4, -0.2) is 44.9 Å². The average Bonchev–Trinajstić information content (AvgIpc) is 3.12. The van der Waals surface area contributed by atoms with E-state index in [1.54, 1.807) is 7.05 Å². The highest BCUT2D eigenvalue weighted by atomic mass is 16.5. The second kappa shape index (κ2) is 6.93. The number of amides is 1. The summed E-state index contributed by atoms with van der Waals surface area (Å²) in [4.78, 5) is 11.5. The Bertz CT molecular complexity index is 244. The summed E-state index contributed by atoms with van der Waals surface area (Å²) in [5, 5.41) is 3.04. The predicted molar refractivity (Wildman–Crippen MR) is 65.6 cm³/mol. The van der Waals surface area contributed by atoms with Gasteiger partial charge in [-0.2, -0.15) is 0 Å². The monoisotopic (exact) mass is 244 g/mol. The summed E-state index contributed by atoms with van der Waals surface area (Å²) in [6.07, 6.45) is 3.09. The Balaban J connectivity index is 2.27. The molecule has 1 aliphatic rings. The lowest BCUT2D eigenvalue weighted by atomic mass is 9.93. The van der Waals surface area contributed by atoms with Gasteiger partial charge in [0.25, 0.3) is 0 Å². The van der Waals surface area contributed by atoms with Crippen LogP contribution in [0.2, 0.25) is 0 Å². The fourth-order valence-corrected chi connectivity index (χ4v) is 1.96. The van der Waals surface area contributed by atoms with Crippen molar-refractivity contribution in [3.63, 3.8) is 0 Å². The van der Waals surface area contributed by atoms with E-state index < -0.39 is 5.54 Å². The summed E-state index contributed by atoms with van der Waals surface area (Å²) in [6.45, 7) is 4.21. The molecule has 1 aliphatic carbocycles. The van der Waals surface area contributed by atoms with Gasteiger partial charge in [0.05, 0.1) is 19.8 Å². The molecule has 0 radical (unpaired) electrons. The molecule has 1 atom stereocenters. The maximum atomic E-state index is 11.5. The third kappa shape index (κ3) is 3.94. The quantitative estimate of drug-likeness (QED) is 0.541. The van der Waals surface area contributed by atoms with Gasteiger partial charge in [-0.15, -0.1) is 0 Å². The van der Waals surface area contributed by atoms with Gasteiger partial charge in [0.1, 0.15) is 5.54 Å². The van der Waals surface area contributed by atoms with Crippen LogP contribution in [0.4, 0.5) is 0 Å². The first kappa shape index (κ1) is 14.4. The zero-order valence-corrected chi connectivity index (χ0v) is 10.8. The average molecular weight is 244 g/mol. The van der Waals surface area contributed by atoms with Gasteiger partial charge in [0.15, 0.2) is 0 Å². The van der Waals surface area contributed by atoms with Crippen molar-refractivity contribution in [2.45, 2.75) is 31.7 Å². The number of hydrogen-bond donors (Lipinski definition) is 2. The Morgan fingerprint density at radius 1 is 1.35 bits per heavy atom. The molecule has 0 bridgehead atoms. The Kier molecular flexibility index (Phi) is 5.88. The molecular formula is C12H24N2O3. The van der Waals surface area contributed by atoms with E-state index in [1.807, 2.05) is 0 Å². The third-order valence-corrected chi connectivity index (χ3v) is 3.21. The van der Waals surface area contributed by atoms with E-state index in [2.05, 4.69) is 12.2 Å². The highest BCUT2D eigenvalue weighted by molar-refractivity contribution is 5.85. The Morgan fingerprint density at radius 3 is 2.47 bits per heavy atom. The maximum Gasteiger partial charge on any atom is 0.240 e. The first-order valence-corrected chi connectivity index (χ1v) is 6.31. The van der Waals surface area contributed by atoms with E-state index in [9.17, 15) is 4.79 Å². The first-order valence-electron chi connectivity index (χ1n) is 6.31. The van der Waals surface area contributed by atoms with Crippen molar-refractivity contribution in [3.8, 4) is 0 Å². The molecule has 100 valence electrons. The van der Waals surface area contributed by atoms with Gasteiger partial charge in [0.2, 0.25) is 5.91 Å². The molecule has 0 aromatic carbocycles. The van der Waals surface area contributed by atoms with E-state index in [0.717, 1.165) is 25.9 Å². The first-order chi connectivity index (χ1) is 8.17. The summed E-state index contributed by atoms with van der Waals surface area (Å²) in [7, 11) is 1.76. The van der Waals surface area contributed by atoms with Gasteiger partial charge in [-0.3, -0.25) is 4.79 Å². The number of nitrogens with one attached hydrogen (secondary N) is 1. The van der Waals surface area contributed by atoms with Crippen molar-refractivity contribution in [1.82, 2.24) is 5.32 Å².